The average molecular weight is 511 g/mol. The Balaban J connectivity index is 1.83. The third-order valence-electron chi connectivity index (χ3n) is 6.34. The van der Waals surface area contributed by atoms with Crippen LogP contribution in [0.4, 0.5) is 5.69 Å². The summed E-state index contributed by atoms with van der Waals surface area (Å²) in [4.78, 5) is 28.8. The van der Waals surface area contributed by atoms with Gasteiger partial charge in [-0.15, -0.1) is 0 Å². The van der Waals surface area contributed by atoms with E-state index in [0.717, 1.165) is 5.56 Å². The zero-order valence-corrected chi connectivity index (χ0v) is 21.4. The lowest BCUT2D eigenvalue weighted by Crippen LogP contribution is -2.44. The van der Waals surface area contributed by atoms with Crippen LogP contribution in [0.15, 0.2) is 54.6 Å². The molecule has 0 bridgehead atoms. The van der Waals surface area contributed by atoms with Crippen LogP contribution in [0.2, 0.25) is 5.02 Å². The molecule has 2 amide bonds. The molecule has 2 atom stereocenters. The van der Waals surface area contributed by atoms with Crippen LogP contribution in [-0.2, 0) is 4.79 Å². The molecule has 1 aliphatic heterocycles. The number of hydrogen-bond acceptors (Lipinski definition) is 6. The number of carbonyl (C=O) groups is 2. The van der Waals surface area contributed by atoms with Crippen LogP contribution in [0.25, 0.3) is 0 Å². The lowest BCUT2D eigenvalue weighted by atomic mass is 9.79. The van der Waals surface area contributed by atoms with Crippen molar-refractivity contribution >= 4 is 29.1 Å². The van der Waals surface area contributed by atoms with E-state index in [2.05, 4.69) is 5.32 Å². The standard InChI is InChI=1S/C27H27ClN2O6/c1-30-25(15-10-11-20(33-2)23(12-15)36-5)24(16-8-6-7-9-17(16)27(30)32)26(31)29-19-13-18(28)21(34-3)14-22(19)35-4/h6-14,24-25H,1-5H3,(H,29,31). The molecule has 0 spiro atoms. The average Bonchev–Trinajstić information content (AvgIpc) is 2.90. The van der Waals surface area contributed by atoms with Crippen LogP contribution in [0.5, 0.6) is 23.0 Å². The predicted molar refractivity (Wildman–Crippen MR) is 137 cm³/mol. The van der Waals surface area contributed by atoms with Gasteiger partial charge in [0.15, 0.2) is 11.5 Å². The highest BCUT2D eigenvalue weighted by molar-refractivity contribution is 6.32. The second kappa shape index (κ2) is 10.4. The van der Waals surface area contributed by atoms with Gasteiger partial charge in [0, 0.05) is 18.7 Å². The molecule has 0 saturated heterocycles. The lowest BCUT2D eigenvalue weighted by Gasteiger charge is -2.40. The molecule has 1 heterocycles. The number of nitrogens with zero attached hydrogens (tertiary/aromatic N) is 1. The van der Waals surface area contributed by atoms with E-state index in [0.29, 0.717) is 44.8 Å². The molecule has 4 rings (SSSR count). The Bertz CT molecular complexity index is 1310. The molecule has 1 N–H and O–H groups in total. The van der Waals surface area contributed by atoms with Crippen LogP contribution in [0.1, 0.15) is 33.4 Å². The topological polar surface area (TPSA) is 86.3 Å². The summed E-state index contributed by atoms with van der Waals surface area (Å²) in [5, 5.41) is 3.27. The van der Waals surface area contributed by atoms with E-state index in [1.165, 1.54) is 21.3 Å². The molecule has 36 heavy (non-hydrogen) atoms. The lowest BCUT2D eigenvalue weighted by molar-refractivity contribution is -0.119. The first-order chi connectivity index (χ1) is 17.3. The van der Waals surface area contributed by atoms with Gasteiger partial charge in [-0.05, 0) is 35.4 Å². The summed E-state index contributed by atoms with van der Waals surface area (Å²) in [6.45, 7) is 0. The molecule has 0 aromatic heterocycles. The third kappa shape index (κ3) is 4.40. The van der Waals surface area contributed by atoms with Gasteiger partial charge < -0.3 is 29.2 Å². The van der Waals surface area contributed by atoms with Crippen LogP contribution < -0.4 is 24.3 Å². The monoisotopic (exact) mass is 510 g/mol. The predicted octanol–water partition coefficient (Wildman–Crippen LogP) is 4.92. The molecule has 0 aliphatic carbocycles. The number of ether oxygens (including phenoxy) is 4. The van der Waals surface area contributed by atoms with Gasteiger partial charge in [0.05, 0.1) is 51.1 Å². The fraction of sp³-hybridized carbons (Fsp3) is 0.259. The van der Waals surface area contributed by atoms with E-state index in [1.54, 1.807) is 61.5 Å². The number of nitrogens with one attached hydrogen (secondary N) is 1. The van der Waals surface area contributed by atoms with Crippen molar-refractivity contribution in [2.45, 2.75) is 12.0 Å². The summed E-state index contributed by atoms with van der Waals surface area (Å²) in [5.41, 5.74) is 2.20. The van der Waals surface area contributed by atoms with Gasteiger partial charge in [-0.3, -0.25) is 9.59 Å². The van der Waals surface area contributed by atoms with Crippen molar-refractivity contribution in [1.29, 1.82) is 0 Å². The Morgan fingerprint density at radius 1 is 0.861 bits per heavy atom. The maximum Gasteiger partial charge on any atom is 0.254 e. The number of likely N-dealkylation sites (N-methyl/N-ethyl adjacent to an activating group) is 1. The van der Waals surface area contributed by atoms with Gasteiger partial charge >= 0.3 is 0 Å². The smallest absolute Gasteiger partial charge is 0.254 e. The molecular weight excluding hydrogens is 484 g/mol. The first kappa shape index (κ1) is 25.2. The number of methoxy groups -OCH3 is 4. The second-order valence-corrected chi connectivity index (χ2v) is 8.62. The van der Waals surface area contributed by atoms with Crippen molar-refractivity contribution in [3.63, 3.8) is 0 Å². The number of benzene rings is 3. The zero-order valence-electron chi connectivity index (χ0n) is 20.6. The van der Waals surface area contributed by atoms with Crippen molar-refractivity contribution < 1.29 is 28.5 Å². The summed E-state index contributed by atoms with van der Waals surface area (Å²) in [7, 11) is 7.76. The van der Waals surface area contributed by atoms with E-state index in [1.807, 2.05) is 12.1 Å². The van der Waals surface area contributed by atoms with Crippen molar-refractivity contribution in [3.8, 4) is 23.0 Å². The van der Waals surface area contributed by atoms with E-state index in [-0.39, 0.29) is 11.8 Å². The summed E-state index contributed by atoms with van der Waals surface area (Å²) in [5.74, 6) is 0.597. The highest BCUT2D eigenvalue weighted by Gasteiger charge is 2.43. The fourth-order valence-corrected chi connectivity index (χ4v) is 4.82. The Labute approximate surface area is 214 Å². The molecule has 188 valence electrons. The van der Waals surface area contributed by atoms with Crippen molar-refractivity contribution in [2.24, 2.45) is 0 Å². The molecule has 0 fully saturated rings. The normalized spacial score (nSPS) is 16.7. The minimum atomic E-state index is -0.743. The Morgan fingerprint density at radius 3 is 2.19 bits per heavy atom. The molecular formula is C27H27ClN2O6. The van der Waals surface area contributed by atoms with Crippen molar-refractivity contribution in [2.75, 3.05) is 40.8 Å². The van der Waals surface area contributed by atoms with Gasteiger partial charge in [-0.1, -0.05) is 35.9 Å². The molecule has 2 unspecified atom stereocenters. The minimum absolute atomic E-state index is 0.181. The van der Waals surface area contributed by atoms with Crippen LogP contribution >= 0.6 is 11.6 Å². The SMILES string of the molecule is COc1cc(OC)c(NC(=O)C2c3ccccc3C(=O)N(C)C2c2ccc(OC)c(OC)c2)cc1Cl. The summed E-state index contributed by atoms with van der Waals surface area (Å²) in [6, 6.07) is 15.1. The first-order valence-electron chi connectivity index (χ1n) is 11.1. The number of anilines is 1. The van der Waals surface area contributed by atoms with Crippen LogP contribution in [0, 0.1) is 0 Å². The highest BCUT2D eigenvalue weighted by Crippen LogP contribution is 2.45. The maximum atomic E-state index is 13.9. The number of fused-ring (bicyclic) bond motifs is 1. The molecule has 1 aliphatic rings. The Hall–Kier alpha value is -3.91. The highest BCUT2D eigenvalue weighted by atomic mass is 35.5. The quantitative estimate of drug-likeness (QED) is 0.485. The molecule has 9 heteroatoms. The summed E-state index contributed by atoms with van der Waals surface area (Å²) < 4.78 is 21.6. The molecule has 0 radical (unpaired) electrons. The van der Waals surface area contributed by atoms with E-state index in [9.17, 15) is 9.59 Å². The molecule has 3 aromatic rings. The number of rotatable bonds is 7. The maximum absolute atomic E-state index is 13.9. The first-order valence-corrected chi connectivity index (χ1v) is 11.5. The van der Waals surface area contributed by atoms with Gasteiger partial charge in [0.2, 0.25) is 5.91 Å². The summed E-state index contributed by atoms with van der Waals surface area (Å²) in [6.07, 6.45) is 0. The van der Waals surface area contributed by atoms with E-state index >= 15 is 0 Å². The largest absolute Gasteiger partial charge is 0.495 e. The fourth-order valence-electron chi connectivity index (χ4n) is 4.58. The van der Waals surface area contributed by atoms with Crippen molar-refractivity contribution in [3.05, 3.63) is 76.3 Å². The Morgan fingerprint density at radius 2 is 1.53 bits per heavy atom. The summed E-state index contributed by atoms with van der Waals surface area (Å²) >= 11 is 6.33. The van der Waals surface area contributed by atoms with Gasteiger partial charge in [0.25, 0.3) is 5.91 Å². The third-order valence-corrected chi connectivity index (χ3v) is 6.64. The number of amides is 2. The zero-order chi connectivity index (χ0) is 26.0. The molecule has 8 nitrogen and oxygen atoms in total. The van der Waals surface area contributed by atoms with Gasteiger partial charge in [0.1, 0.15) is 11.5 Å². The van der Waals surface area contributed by atoms with Gasteiger partial charge in [-0.25, -0.2) is 0 Å². The molecule has 0 saturated carbocycles. The second-order valence-electron chi connectivity index (χ2n) is 8.22. The molecule has 3 aromatic carbocycles. The van der Waals surface area contributed by atoms with Crippen molar-refractivity contribution in [1.82, 2.24) is 4.90 Å². The number of hydrogen-bond donors (Lipinski definition) is 1. The van der Waals surface area contributed by atoms with E-state index < -0.39 is 12.0 Å². The minimum Gasteiger partial charge on any atom is -0.495 e. The van der Waals surface area contributed by atoms with Gasteiger partial charge in [-0.2, -0.15) is 0 Å². The number of carbonyl (C=O) groups excluding carboxylic acids is 2. The number of halogens is 1. The van der Waals surface area contributed by atoms with Crippen LogP contribution in [-0.4, -0.2) is 52.2 Å². The van der Waals surface area contributed by atoms with Crippen LogP contribution in [0.3, 0.4) is 0 Å². The Kier molecular flexibility index (Phi) is 7.26. The van der Waals surface area contributed by atoms with E-state index in [4.69, 9.17) is 30.5 Å².